The van der Waals surface area contributed by atoms with E-state index in [1.165, 1.54) is 16.7 Å². The zero-order valence-electron chi connectivity index (χ0n) is 15.3. The van der Waals surface area contributed by atoms with Gasteiger partial charge in [-0.15, -0.1) is 11.8 Å². The van der Waals surface area contributed by atoms with E-state index >= 15 is 0 Å². The highest BCUT2D eigenvalue weighted by Gasteiger charge is 2.58. The number of nitrogens with zero attached hydrogens (tertiary/aromatic N) is 1. The molecule has 3 N–H and O–H groups in total. The summed E-state index contributed by atoms with van der Waals surface area (Å²) in [5.74, 6) is 0.400. The standard InChI is InChI=1S/C16H27N3O5S/c1-9(2)6-16(18-14(22)24-15(3,4)5)7-11-19(12(16)20)10(8-25-11)23-13(17)21/h9-11H,6-8H2,1-5H3,(H2,17,21)(H,18,22)/t10-,11+,16-/m1/s1. The minimum Gasteiger partial charge on any atom is -0.444 e. The van der Waals surface area contributed by atoms with Crippen molar-refractivity contribution in [3.05, 3.63) is 0 Å². The van der Waals surface area contributed by atoms with Crippen LogP contribution in [0.2, 0.25) is 0 Å². The van der Waals surface area contributed by atoms with E-state index in [0.29, 0.717) is 18.6 Å². The number of ether oxygens (including phenoxy) is 2. The van der Waals surface area contributed by atoms with E-state index in [0.717, 1.165) is 0 Å². The van der Waals surface area contributed by atoms with Crippen molar-refractivity contribution in [1.29, 1.82) is 0 Å². The topological polar surface area (TPSA) is 111 Å². The Bertz CT molecular complexity index is 562. The monoisotopic (exact) mass is 373 g/mol. The van der Waals surface area contributed by atoms with Gasteiger partial charge in [-0.3, -0.25) is 9.69 Å². The second kappa shape index (κ2) is 6.93. The summed E-state index contributed by atoms with van der Waals surface area (Å²) in [5, 5.41) is 2.63. The van der Waals surface area contributed by atoms with Gasteiger partial charge in [0.15, 0.2) is 6.23 Å². The lowest BCUT2D eigenvalue weighted by molar-refractivity contribution is -0.140. The zero-order valence-corrected chi connectivity index (χ0v) is 16.1. The summed E-state index contributed by atoms with van der Waals surface area (Å²) in [6.45, 7) is 9.27. The molecule has 0 aromatic carbocycles. The number of primary amides is 1. The molecule has 0 bridgehead atoms. The van der Waals surface area contributed by atoms with E-state index < -0.39 is 29.6 Å². The molecule has 2 saturated heterocycles. The SMILES string of the molecule is CC(C)C[C@@]1(NC(=O)OC(C)(C)C)C[C@@H]2SC[C@@H](OC(N)=O)N2C1=O. The molecular formula is C16H27N3O5S. The number of carbonyl (C=O) groups is 3. The van der Waals surface area contributed by atoms with Crippen molar-refractivity contribution in [2.45, 2.75) is 70.2 Å². The third-order valence-electron chi connectivity index (χ3n) is 3.97. The highest BCUT2D eigenvalue weighted by molar-refractivity contribution is 8.00. The Balaban J connectivity index is 2.22. The van der Waals surface area contributed by atoms with Crippen LogP contribution in [-0.4, -0.2) is 51.5 Å². The Morgan fingerprint density at radius 3 is 2.60 bits per heavy atom. The van der Waals surface area contributed by atoms with Gasteiger partial charge in [-0.05, 0) is 33.1 Å². The largest absolute Gasteiger partial charge is 0.444 e. The number of nitrogens with two attached hydrogens (primary N) is 1. The first kappa shape index (κ1) is 19.7. The van der Waals surface area contributed by atoms with Crippen LogP contribution in [-0.2, 0) is 14.3 Å². The summed E-state index contributed by atoms with van der Waals surface area (Å²) in [4.78, 5) is 38.1. The molecule has 25 heavy (non-hydrogen) atoms. The van der Waals surface area contributed by atoms with Crippen LogP contribution in [0.5, 0.6) is 0 Å². The van der Waals surface area contributed by atoms with Crippen molar-refractivity contribution >= 4 is 29.9 Å². The molecule has 142 valence electrons. The number of rotatable bonds is 4. The first-order valence-corrected chi connectivity index (χ1v) is 9.40. The maximum Gasteiger partial charge on any atom is 0.408 e. The molecule has 2 heterocycles. The molecule has 3 atom stereocenters. The summed E-state index contributed by atoms with van der Waals surface area (Å²) in [6, 6.07) is 0. The van der Waals surface area contributed by atoms with E-state index in [2.05, 4.69) is 5.32 Å². The first-order chi connectivity index (χ1) is 11.4. The molecule has 2 aliphatic rings. The van der Waals surface area contributed by atoms with Crippen molar-refractivity contribution < 1.29 is 23.9 Å². The van der Waals surface area contributed by atoms with Crippen LogP contribution in [0.15, 0.2) is 0 Å². The van der Waals surface area contributed by atoms with E-state index in [1.807, 2.05) is 13.8 Å². The summed E-state index contributed by atoms with van der Waals surface area (Å²) in [5.41, 5.74) is 3.38. The van der Waals surface area contributed by atoms with Gasteiger partial charge in [0.05, 0.1) is 11.1 Å². The van der Waals surface area contributed by atoms with Gasteiger partial charge >= 0.3 is 12.2 Å². The van der Waals surface area contributed by atoms with E-state index in [-0.39, 0.29) is 17.2 Å². The second-order valence-corrected chi connectivity index (χ2v) is 9.11. The second-order valence-electron chi connectivity index (χ2n) is 7.90. The van der Waals surface area contributed by atoms with Crippen molar-refractivity contribution in [1.82, 2.24) is 10.2 Å². The van der Waals surface area contributed by atoms with Crippen LogP contribution in [0.25, 0.3) is 0 Å². The van der Waals surface area contributed by atoms with Crippen molar-refractivity contribution in [3.63, 3.8) is 0 Å². The predicted octanol–water partition coefficient (Wildman–Crippen LogP) is 2.02. The number of nitrogens with one attached hydrogen (secondary N) is 1. The molecule has 2 fully saturated rings. The summed E-state index contributed by atoms with van der Waals surface area (Å²) >= 11 is 1.52. The third kappa shape index (κ3) is 4.50. The van der Waals surface area contributed by atoms with Crippen LogP contribution in [0, 0.1) is 5.92 Å². The van der Waals surface area contributed by atoms with E-state index in [4.69, 9.17) is 15.2 Å². The summed E-state index contributed by atoms with van der Waals surface area (Å²) in [7, 11) is 0. The number of thioether (sulfide) groups is 1. The van der Waals surface area contributed by atoms with E-state index in [9.17, 15) is 14.4 Å². The molecule has 0 aromatic heterocycles. The lowest BCUT2D eigenvalue weighted by Crippen LogP contribution is -2.57. The molecule has 8 nitrogen and oxygen atoms in total. The van der Waals surface area contributed by atoms with Gasteiger partial charge in [0.2, 0.25) is 0 Å². The molecule has 0 aromatic rings. The average molecular weight is 373 g/mol. The van der Waals surface area contributed by atoms with Crippen molar-refractivity contribution in [2.75, 3.05) is 5.75 Å². The molecule has 0 unspecified atom stereocenters. The van der Waals surface area contributed by atoms with Crippen LogP contribution < -0.4 is 11.1 Å². The minimum absolute atomic E-state index is 0.162. The van der Waals surface area contributed by atoms with Crippen LogP contribution in [0.3, 0.4) is 0 Å². The maximum absolute atomic E-state index is 13.1. The first-order valence-electron chi connectivity index (χ1n) is 8.35. The Labute approximate surface area is 152 Å². The Kier molecular flexibility index (Phi) is 5.46. The number of carbonyl (C=O) groups excluding carboxylic acids is 3. The summed E-state index contributed by atoms with van der Waals surface area (Å²) in [6.07, 6.45) is -1.33. The fourth-order valence-corrected chi connectivity index (χ4v) is 4.75. The van der Waals surface area contributed by atoms with Gasteiger partial charge in [0.25, 0.3) is 5.91 Å². The van der Waals surface area contributed by atoms with Crippen molar-refractivity contribution in [3.8, 4) is 0 Å². The fraction of sp³-hybridized carbons (Fsp3) is 0.812. The van der Waals surface area contributed by atoms with Gasteiger partial charge in [-0.2, -0.15) is 0 Å². The van der Waals surface area contributed by atoms with Gasteiger partial charge in [-0.25, -0.2) is 9.59 Å². The maximum atomic E-state index is 13.1. The molecule has 2 rings (SSSR count). The number of hydrogen-bond donors (Lipinski definition) is 2. The average Bonchev–Trinajstić information content (AvgIpc) is 2.86. The van der Waals surface area contributed by atoms with Gasteiger partial charge in [0.1, 0.15) is 11.1 Å². The number of hydrogen-bond acceptors (Lipinski definition) is 6. The van der Waals surface area contributed by atoms with Gasteiger partial charge < -0.3 is 20.5 Å². The van der Waals surface area contributed by atoms with Crippen molar-refractivity contribution in [2.24, 2.45) is 11.7 Å². The van der Waals surface area contributed by atoms with Crippen LogP contribution >= 0.6 is 11.8 Å². The number of fused-ring (bicyclic) bond motifs is 1. The third-order valence-corrected chi connectivity index (χ3v) is 5.22. The predicted molar refractivity (Wildman–Crippen MR) is 93.7 cm³/mol. The Morgan fingerprint density at radius 2 is 2.08 bits per heavy atom. The molecular weight excluding hydrogens is 346 g/mol. The fourth-order valence-electron chi connectivity index (χ4n) is 3.34. The summed E-state index contributed by atoms with van der Waals surface area (Å²) < 4.78 is 10.4. The number of amides is 3. The molecule has 9 heteroatoms. The highest BCUT2D eigenvalue weighted by Crippen LogP contribution is 2.44. The lowest BCUT2D eigenvalue weighted by Gasteiger charge is -2.32. The molecule has 3 amide bonds. The Morgan fingerprint density at radius 1 is 1.44 bits per heavy atom. The van der Waals surface area contributed by atoms with Gasteiger partial charge in [0, 0.05) is 6.42 Å². The molecule has 0 aliphatic carbocycles. The lowest BCUT2D eigenvalue weighted by atomic mass is 9.87. The minimum atomic E-state index is -1.06. The molecule has 2 aliphatic heterocycles. The highest BCUT2D eigenvalue weighted by atomic mass is 32.2. The smallest absolute Gasteiger partial charge is 0.408 e. The van der Waals surface area contributed by atoms with E-state index in [1.54, 1.807) is 20.8 Å². The molecule has 0 radical (unpaired) electrons. The molecule has 0 saturated carbocycles. The normalized spacial score (nSPS) is 28.9. The van der Waals surface area contributed by atoms with Gasteiger partial charge in [-0.1, -0.05) is 13.8 Å². The van der Waals surface area contributed by atoms with Crippen LogP contribution in [0.1, 0.15) is 47.5 Å². The number of alkyl carbamates (subject to hydrolysis) is 1. The van der Waals surface area contributed by atoms with Crippen LogP contribution in [0.4, 0.5) is 9.59 Å². The quantitative estimate of drug-likeness (QED) is 0.780. The Hall–Kier alpha value is -1.64. The molecule has 0 spiro atoms. The zero-order chi connectivity index (χ0) is 19.0.